The summed E-state index contributed by atoms with van der Waals surface area (Å²) in [6, 6.07) is 11.2. The Morgan fingerprint density at radius 3 is 2.57 bits per heavy atom. The number of nitrogens with zero attached hydrogens (tertiary/aromatic N) is 6. The second-order valence-corrected chi connectivity index (χ2v) is 9.76. The zero-order valence-electron chi connectivity index (χ0n) is 18.5. The summed E-state index contributed by atoms with van der Waals surface area (Å²) < 4.78 is 2.00. The van der Waals surface area contributed by atoms with Crippen molar-refractivity contribution in [1.29, 1.82) is 0 Å². The van der Waals surface area contributed by atoms with Gasteiger partial charge >= 0.3 is 0 Å². The van der Waals surface area contributed by atoms with Crippen LogP contribution in [0.2, 0.25) is 0 Å². The van der Waals surface area contributed by atoms with E-state index in [1.165, 1.54) is 21.7 Å². The minimum atomic E-state index is 0.251. The standard InChI is InChI=1S/C23H32N6S/c1-17(2)14-22(23-24-25-26-29(23)16-20-6-5-13-30-20)28-11-9-27(10-12-28)21-15-18(3)7-8-19(21)4/h5-8,13,15,17,22H,9-12,14,16H2,1-4H3/t22-/m0/s1. The van der Waals surface area contributed by atoms with Gasteiger partial charge in [0.1, 0.15) is 0 Å². The Hall–Kier alpha value is -2.25. The summed E-state index contributed by atoms with van der Waals surface area (Å²) in [7, 11) is 0. The summed E-state index contributed by atoms with van der Waals surface area (Å²) in [5.74, 6) is 1.58. The van der Waals surface area contributed by atoms with E-state index < -0.39 is 0 Å². The van der Waals surface area contributed by atoms with Crippen molar-refractivity contribution in [1.82, 2.24) is 25.1 Å². The summed E-state index contributed by atoms with van der Waals surface area (Å²) in [6.45, 7) is 13.8. The third kappa shape index (κ3) is 4.73. The average molecular weight is 425 g/mol. The van der Waals surface area contributed by atoms with Crippen LogP contribution >= 0.6 is 11.3 Å². The molecule has 0 amide bonds. The van der Waals surface area contributed by atoms with Crippen LogP contribution in [-0.4, -0.2) is 51.3 Å². The minimum absolute atomic E-state index is 0.251. The van der Waals surface area contributed by atoms with Gasteiger partial charge in [-0.05, 0) is 65.3 Å². The highest BCUT2D eigenvalue weighted by molar-refractivity contribution is 7.09. The first-order valence-corrected chi connectivity index (χ1v) is 11.7. The van der Waals surface area contributed by atoms with E-state index in [0.717, 1.165) is 45.0 Å². The molecule has 1 aliphatic rings. The lowest BCUT2D eigenvalue weighted by molar-refractivity contribution is 0.153. The molecule has 0 radical (unpaired) electrons. The van der Waals surface area contributed by atoms with Crippen LogP contribution in [0.15, 0.2) is 35.7 Å². The predicted octanol–water partition coefficient (Wildman–Crippen LogP) is 4.31. The van der Waals surface area contributed by atoms with Gasteiger partial charge in [0.25, 0.3) is 0 Å². The maximum Gasteiger partial charge on any atom is 0.168 e. The van der Waals surface area contributed by atoms with Crippen LogP contribution in [0.25, 0.3) is 0 Å². The molecule has 3 heterocycles. The highest BCUT2D eigenvalue weighted by Crippen LogP contribution is 2.30. The molecule has 1 aliphatic heterocycles. The van der Waals surface area contributed by atoms with Gasteiger partial charge in [-0.2, -0.15) is 0 Å². The quantitative estimate of drug-likeness (QED) is 0.566. The van der Waals surface area contributed by atoms with Gasteiger partial charge in [0.2, 0.25) is 0 Å². The Bertz CT molecular complexity index is 941. The Balaban J connectivity index is 1.51. The lowest BCUT2D eigenvalue weighted by Crippen LogP contribution is -2.48. The third-order valence-corrected chi connectivity index (χ3v) is 6.76. The molecule has 6 nitrogen and oxygen atoms in total. The smallest absolute Gasteiger partial charge is 0.168 e. The Morgan fingerprint density at radius 2 is 1.87 bits per heavy atom. The number of hydrogen-bond donors (Lipinski definition) is 0. The monoisotopic (exact) mass is 424 g/mol. The van der Waals surface area contributed by atoms with Crippen molar-refractivity contribution in [2.24, 2.45) is 5.92 Å². The Labute approximate surface area is 183 Å². The number of tetrazole rings is 1. The van der Waals surface area contributed by atoms with Crippen LogP contribution in [0.4, 0.5) is 5.69 Å². The number of aromatic nitrogens is 4. The van der Waals surface area contributed by atoms with Crippen molar-refractivity contribution >= 4 is 17.0 Å². The second-order valence-electron chi connectivity index (χ2n) is 8.73. The summed E-state index contributed by atoms with van der Waals surface area (Å²) in [5.41, 5.74) is 4.05. The lowest BCUT2D eigenvalue weighted by atomic mass is 10.0. The molecule has 1 fully saturated rings. The Morgan fingerprint density at radius 1 is 1.07 bits per heavy atom. The molecule has 2 aromatic heterocycles. The van der Waals surface area contributed by atoms with Crippen molar-refractivity contribution in [3.05, 3.63) is 57.5 Å². The minimum Gasteiger partial charge on any atom is -0.369 e. The number of piperazine rings is 1. The summed E-state index contributed by atoms with van der Waals surface area (Å²) in [5, 5.41) is 15.0. The molecule has 1 aromatic carbocycles. The van der Waals surface area contributed by atoms with E-state index >= 15 is 0 Å². The highest BCUT2D eigenvalue weighted by Gasteiger charge is 2.30. The topological polar surface area (TPSA) is 50.1 Å². The molecule has 0 N–H and O–H groups in total. The number of anilines is 1. The largest absolute Gasteiger partial charge is 0.369 e. The van der Waals surface area contributed by atoms with Gasteiger partial charge in [0, 0.05) is 36.7 Å². The SMILES string of the molecule is Cc1ccc(C)c(N2CCN([C@@H](CC(C)C)c3nnnn3Cc3cccs3)CC2)c1. The fourth-order valence-corrected chi connectivity index (χ4v) is 5.00. The number of benzene rings is 1. The molecule has 30 heavy (non-hydrogen) atoms. The zero-order chi connectivity index (χ0) is 21.1. The fourth-order valence-electron chi connectivity index (χ4n) is 4.31. The average Bonchev–Trinajstić information content (AvgIpc) is 3.41. The van der Waals surface area contributed by atoms with Crippen LogP contribution in [0.5, 0.6) is 0 Å². The van der Waals surface area contributed by atoms with Crippen LogP contribution < -0.4 is 4.90 Å². The van der Waals surface area contributed by atoms with Crippen molar-refractivity contribution in [3.8, 4) is 0 Å². The predicted molar refractivity (Wildman–Crippen MR) is 123 cm³/mol. The van der Waals surface area contributed by atoms with Crippen molar-refractivity contribution < 1.29 is 0 Å². The zero-order valence-corrected chi connectivity index (χ0v) is 19.3. The normalized spacial score (nSPS) is 16.4. The van der Waals surface area contributed by atoms with Crippen LogP contribution in [0, 0.1) is 19.8 Å². The summed E-state index contributed by atoms with van der Waals surface area (Å²) in [6.07, 6.45) is 1.06. The molecule has 4 rings (SSSR count). The van der Waals surface area contributed by atoms with E-state index in [2.05, 4.69) is 88.7 Å². The first-order valence-electron chi connectivity index (χ1n) is 10.9. The maximum atomic E-state index is 4.48. The molecule has 1 atom stereocenters. The van der Waals surface area contributed by atoms with E-state index in [9.17, 15) is 0 Å². The van der Waals surface area contributed by atoms with Gasteiger partial charge < -0.3 is 4.90 Å². The number of rotatable bonds is 7. The van der Waals surface area contributed by atoms with Crippen molar-refractivity contribution in [2.75, 3.05) is 31.1 Å². The van der Waals surface area contributed by atoms with E-state index in [-0.39, 0.29) is 6.04 Å². The molecule has 7 heteroatoms. The van der Waals surface area contributed by atoms with E-state index in [4.69, 9.17) is 0 Å². The maximum absolute atomic E-state index is 4.48. The van der Waals surface area contributed by atoms with Gasteiger partial charge in [0.05, 0.1) is 12.6 Å². The van der Waals surface area contributed by atoms with Gasteiger partial charge in [-0.3, -0.25) is 4.90 Å². The third-order valence-electron chi connectivity index (χ3n) is 5.90. The first-order chi connectivity index (χ1) is 14.5. The number of thiophene rings is 1. The molecule has 0 spiro atoms. The van der Waals surface area contributed by atoms with Crippen molar-refractivity contribution in [2.45, 2.75) is 46.7 Å². The second kappa shape index (κ2) is 9.27. The molecule has 1 saturated heterocycles. The number of aryl methyl sites for hydroxylation is 2. The van der Waals surface area contributed by atoms with Crippen LogP contribution in [-0.2, 0) is 6.54 Å². The van der Waals surface area contributed by atoms with Crippen molar-refractivity contribution in [3.63, 3.8) is 0 Å². The van der Waals surface area contributed by atoms with E-state index in [1.54, 1.807) is 11.3 Å². The molecular formula is C23H32N6S. The highest BCUT2D eigenvalue weighted by atomic mass is 32.1. The first kappa shape index (κ1) is 21.0. The van der Waals surface area contributed by atoms with Gasteiger partial charge in [-0.25, -0.2) is 4.68 Å². The van der Waals surface area contributed by atoms with E-state index in [1.807, 2.05) is 4.68 Å². The fraction of sp³-hybridized carbons (Fsp3) is 0.522. The Kier molecular flexibility index (Phi) is 6.49. The molecule has 160 valence electrons. The van der Waals surface area contributed by atoms with E-state index in [0.29, 0.717) is 5.92 Å². The summed E-state index contributed by atoms with van der Waals surface area (Å²) in [4.78, 5) is 6.39. The summed E-state index contributed by atoms with van der Waals surface area (Å²) >= 11 is 1.75. The molecule has 0 unspecified atom stereocenters. The van der Waals surface area contributed by atoms with Gasteiger partial charge in [-0.15, -0.1) is 16.4 Å². The van der Waals surface area contributed by atoms with Gasteiger partial charge in [-0.1, -0.05) is 32.0 Å². The molecule has 3 aromatic rings. The van der Waals surface area contributed by atoms with Crippen LogP contribution in [0.1, 0.15) is 48.1 Å². The molecule has 0 bridgehead atoms. The molecular weight excluding hydrogens is 392 g/mol. The molecule has 0 aliphatic carbocycles. The van der Waals surface area contributed by atoms with Crippen LogP contribution in [0.3, 0.4) is 0 Å². The molecule has 0 saturated carbocycles. The van der Waals surface area contributed by atoms with Gasteiger partial charge in [0.15, 0.2) is 5.82 Å². The lowest BCUT2D eigenvalue weighted by Gasteiger charge is -2.40. The number of hydrogen-bond acceptors (Lipinski definition) is 6.